The normalized spacial score (nSPS) is 12.4. The number of nitrogens with one attached hydrogen (secondary N) is 2. The first kappa shape index (κ1) is 20.8. The summed E-state index contributed by atoms with van der Waals surface area (Å²) in [6.07, 6.45) is -0.491. The quantitative estimate of drug-likeness (QED) is 0.790. The van der Waals surface area contributed by atoms with E-state index in [4.69, 9.17) is 9.47 Å². The Kier molecular flexibility index (Phi) is 7.74. The maximum absolute atomic E-state index is 12.4. The van der Waals surface area contributed by atoms with Crippen molar-refractivity contribution in [2.24, 2.45) is 5.92 Å². The number of alkyl carbamates (subject to hydrolysis) is 1. The molecule has 0 aliphatic heterocycles. The Morgan fingerprint density at radius 1 is 1.16 bits per heavy atom. The van der Waals surface area contributed by atoms with E-state index < -0.39 is 11.7 Å². The van der Waals surface area contributed by atoms with E-state index in [1.165, 1.54) is 0 Å². The van der Waals surface area contributed by atoms with Crippen molar-refractivity contribution in [2.75, 3.05) is 13.2 Å². The molecule has 2 amide bonds. The van der Waals surface area contributed by atoms with Crippen LogP contribution in [0.5, 0.6) is 5.75 Å². The van der Waals surface area contributed by atoms with Gasteiger partial charge in [0, 0.05) is 6.54 Å². The van der Waals surface area contributed by atoms with Crippen molar-refractivity contribution < 1.29 is 19.1 Å². The second-order valence-electron chi connectivity index (χ2n) is 7.14. The van der Waals surface area contributed by atoms with Crippen molar-refractivity contribution in [1.82, 2.24) is 10.6 Å². The van der Waals surface area contributed by atoms with E-state index in [0.29, 0.717) is 24.5 Å². The summed E-state index contributed by atoms with van der Waals surface area (Å²) in [6.45, 7) is 12.0. The molecule has 2 N–H and O–H groups in total. The van der Waals surface area contributed by atoms with Gasteiger partial charge in [-0.3, -0.25) is 4.79 Å². The number of hydrogen-bond donors (Lipinski definition) is 2. The topological polar surface area (TPSA) is 76.7 Å². The number of benzene rings is 1. The highest BCUT2D eigenvalue weighted by molar-refractivity contribution is 5.96. The SMILES string of the molecule is CCOc1ccccc1C(=O)NCC(NC(=O)OC(C)(C)C)C(C)C. The van der Waals surface area contributed by atoms with E-state index in [2.05, 4.69) is 10.6 Å². The molecule has 0 aliphatic rings. The number of hydrogen-bond acceptors (Lipinski definition) is 4. The maximum atomic E-state index is 12.4. The third kappa shape index (κ3) is 7.45. The highest BCUT2D eigenvalue weighted by Gasteiger charge is 2.22. The van der Waals surface area contributed by atoms with E-state index in [0.717, 1.165) is 0 Å². The molecule has 0 saturated heterocycles. The Bertz CT molecular complexity index is 579. The number of rotatable bonds is 7. The van der Waals surface area contributed by atoms with Gasteiger partial charge in [-0.25, -0.2) is 4.79 Å². The molecular weight excluding hydrogens is 320 g/mol. The highest BCUT2D eigenvalue weighted by atomic mass is 16.6. The van der Waals surface area contributed by atoms with Gasteiger partial charge in [0.2, 0.25) is 0 Å². The molecule has 0 radical (unpaired) electrons. The van der Waals surface area contributed by atoms with Crippen LogP contribution in [0.3, 0.4) is 0 Å². The zero-order valence-corrected chi connectivity index (χ0v) is 16.0. The predicted molar refractivity (Wildman–Crippen MR) is 97.9 cm³/mol. The summed E-state index contributed by atoms with van der Waals surface area (Å²) in [5.74, 6) is 0.444. The van der Waals surface area contributed by atoms with Gasteiger partial charge in [-0.2, -0.15) is 0 Å². The molecular formula is C19H30N2O4. The first-order valence-electron chi connectivity index (χ1n) is 8.63. The molecule has 0 fully saturated rings. The summed E-state index contributed by atoms with van der Waals surface area (Å²) in [5.41, 5.74) is -0.0882. The van der Waals surface area contributed by atoms with Gasteiger partial charge in [0.15, 0.2) is 0 Å². The molecule has 0 aliphatic carbocycles. The van der Waals surface area contributed by atoms with Gasteiger partial charge in [-0.1, -0.05) is 26.0 Å². The smallest absolute Gasteiger partial charge is 0.407 e. The average molecular weight is 350 g/mol. The molecule has 140 valence electrons. The first-order chi connectivity index (χ1) is 11.6. The molecule has 0 spiro atoms. The molecule has 1 aromatic carbocycles. The monoisotopic (exact) mass is 350 g/mol. The van der Waals surface area contributed by atoms with Gasteiger partial charge in [0.05, 0.1) is 18.2 Å². The molecule has 1 atom stereocenters. The largest absolute Gasteiger partial charge is 0.493 e. The summed E-state index contributed by atoms with van der Waals surface area (Å²) >= 11 is 0. The van der Waals surface area contributed by atoms with E-state index in [1.807, 2.05) is 47.6 Å². The standard InChI is InChI=1S/C19H30N2O4/c1-7-24-16-11-9-8-10-14(16)17(22)20-12-15(13(2)3)21-18(23)25-19(4,5)6/h8-11,13,15H,7,12H2,1-6H3,(H,20,22)(H,21,23). The van der Waals surface area contributed by atoms with Crippen LogP contribution in [0.4, 0.5) is 4.79 Å². The lowest BCUT2D eigenvalue weighted by atomic mass is 10.0. The molecule has 1 aromatic rings. The molecule has 1 rings (SSSR count). The van der Waals surface area contributed by atoms with Crippen LogP contribution in [-0.4, -0.2) is 36.8 Å². The molecule has 6 heteroatoms. The minimum absolute atomic E-state index is 0.134. The van der Waals surface area contributed by atoms with Gasteiger partial charge >= 0.3 is 6.09 Å². The Labute approximate surface area is 150 Å². The summed E-state index contributed by atoms with van der Waals surface area (Å²) < 4.78 is 10.8. The van der Waals surface area contributed by atoms with Crippen LogP contribution in [0.2, 0.25) is 0 Å². The van der Waals surface area contributed by atoms with Gasteiger partial charge in [0.1, 0.15) is 11.4 Å². The Morgan fingerprint density at radius 2 is 1.80 bits per heavy atom. The molecule has 25 heavy (non-hydrogen) atoms. The van der Waals surface area contributed by atoms with Crippen molar-refractivity contribution in [1.29, 1.82) is 0 Å². The summed E-state index contributed by atoms with van der Waals surface area (Å²) in [5, 5.41) is 5.67. The van der Waals surface area contributed by atoms with Gasteiger partial charge in [0.25, 0.3) is 5.91 Å². The highest BCUT2D eigenvalue weighted by Crippen LogP contribution is 2.17. The van der Waals surface area contributed by atoms with E-state index in [9.17, 15) is 9.59 Å². The van der Waals surface area contributed by atoms with Crippen LogP contribution in [0, 0.1) is 5.92 Å². The third-order valence-corrected chi connectivity index (χ3v) is 3.42. The van der Waals surface area contributed by atoms with Crippen molar-refractivity contribution in [3.8, 4) is 5.75 Å². The van der Waals surface area contributed by atoms with Crippen molar-refractivity contribution in [2.45, 2.75) is 53.2 Å². The lowest BCUT2D eigenvalue weighted by Gasteiger charge is -2.26. The molecule has 0 saturated carbocycles. The van der Waals surface area contributed by atoms with Crippen LogP contribution in [0.15, 0.2) is 24.3 Å². The average Bonchev–Trinajstić information content (AvgIpc) is 2.50. The van der Waals surface area contributed by atoms with Crippen LogP contribution in [0.25, 0.3) is 0 Å². The zero-order chi connectivity index (χ0) is 19.0. The van der Waals surface area contributed by atoms with Crippen molar-refractivity contribution in [3.05, 3.63) is 29.8 Å². The lowest BCUT2D eigenvalue weighted by Crippen LogP contribution is -2.48. The van der Waals surface area contributed by atoms with Crippen LogP contribution >= 0.6 is 0 Å². The summed E-state index contributed by atoms with van der Waals surface area (Å²) in [7, 11) is 0. The lowest BCUT2D eigenvalue weighted by molar-refractivity contribution is 0.0487. The second-order valence-corrected chi connectivity index (χ2v) is 7.14. The van der Waals surface area contributed by atoms with Crippen molar-refractivity contribution >= 4 is 12.0 Å². The number of para-hydroxylation sites is 1. The Hall–Kier alpha value is -2.24. The number of carbonyl (C=O) groups is 2. The fraction of sp³-hybridized carbons (Fsp3) is 0.579. The Balaban J connectivity index is 2.69. The van der Waals surface area contributed by atoms with Gasteiger partial charge in [-0.05, 0) is 45.7 Å². The van der Waals surface area contributed by atoms with E-state index in [-0.39, 0.29) is 17.9 Å². The van der Waals surface area contributed by atoms with E-state index in [1.54, 1.807) is 18.2 Å². The van der Waals surface area contributed by atoms with Gasteiger partial charge in [-0.15, -0.1) is 0 Å². The number of amides is 2. The molecule has 0 aromatic heterocycles. The predicted octanol–water partition coefficient (Wildman–Crippen LogP) is 3.36. The van der Waals surface area contributed by atoms with Crippen LogP contribution < -0.4 is 15.4 Å². The number of ether oxygens (including phenoxy) is 2. The van der Waals surface area contributed by atoms with E-state index >= 15 is 0 Å². The molecule has 6 nitrogen and oxygen atoms in total. The Morgan fingerprint density at radius 3 is 2.36 bits per heavy atom. The fourth-order valence-corrected chi connectivity index (χ4v) is 2.15. The van der Waals surface area contributed by atoms with Crippen LogP contribution in [0.1, 0.15) is 51.9 Å². The maximum Gasteiger partial charge on any atom is 0.407 e. The fourth-order valence-electron chi connectivity index (χ4n) is 2.15. The van der Waals surface area contributed by atoms with Crippen molar-refractivity contribution in [3.63, 3.8) is 0 Å². The molecule has 1 unspecified atom stereocenters. The zero-order valence-electron chi connectivity index (χ0n) is 16.0. The minimum Gasteiger partial charge on any atom is -0.493 e. The second kappa shape index (κ2) is 9.30. The number of carbonyl (C=O) groups excluding carboxylic acids is 2. The third-order valence-electron chi connectivity index (χ3n) is 3.42. The first-order valence-corrected chi connectivity index (χ1v) is 8.63. The van der Waals surface area contributed by atoms with Gasteiger partial charge < -0.3 is 20.1 Å². The minimum atomic E-state index is -0.564. The summed E-state index contributed by atoms with van der Waals surface area (Å²) in [6, 6.07) is 6.85. The summed E-state index contributed by atoms with van der Waals surface area (Å²) in [4.78, 5) is 24.4. The molecule has 0 bridgehead atoms. The van der Waals surface area contributed by atoms with Crippen LogP contribution in [-0.2, 0) is 4.74 Å². The molecule has 0 heterocycles.